The summed E-state index contributed by atoms with van der Waals surface area (Å²) in [5, 5.41) is 1.21. The molecule has 2 heterocycles. The van der Waals surface area contributed by atoms with Gasteiger partial charge in [-0.25, -0.2) is 4.79 Å². The van der Waals surface area contributed by atoms with Crippen molar-refractivity contribution in [2.75, 3.05) is 7.11 Å². The van der Waals surface area contributed by atoms with Crippen molar-refractivity contribution in [3.05, 3.63) is 99.7 Å². The topological polar surface area (TPSA) is 83.8 Å². The van der Waals surface area contributed by atoms with E-state index in [9.17, 15) is 14.4 Å². The first kappa shape index (κ1) is 22.7. The number of carbonyl (C=O) groups is 3. The van der Waals surface area contributed by atoms with E-state index in [4.69, 9.17) is 25.8 Å². The van der Waals surface area contributed by atoms with Gasteiger partial charge in [0, 0.05) is 27.2 Å². The largest absolute Gasteiger partial charge is 0.497 e. The summed E-state index contributed by atoms with van der Waals surface area (Å²) in [4.78, 5) is 38.5. The van der Waals surface area contributed by atoms with Crippen LogP contribution in [-0.4, -0.2) is 29.5 Å². The lowest BCUT2D eigenvalue weighted by atomic mass is 10.1. The van der Waals surface area contributed by atoms with Crippen molar-refractivity contribution in [1.29, 1.82) is 0 Å². The average molecular weight is 490 g/mol. The lowest BCUT2D eigenvalue weighted by Gasteiger charge is -2.12. The molecule has 4 aromatic rings. The van der Waals surface area contributed by atoms with Crippen molar-refractivity contribution in [3.63, 3.8) is 0 Å². The summed E-state index contributed by atoms with van der Waals surface area (Å²) in [5.74, 6) is -0.803. The summed E-state index contributed by atoms with van der Waals surface area (Å²) >= 11 is 5.98. The maximum atomic E-state index is 13.4. The molecule has 1 atom stereocenters. The molecule has 3 aromatic carbocycles. The van der Waals surface area contributed by atoms with Gasteiger partial charge in [0.2, 0.25) is 0 Å². The van der Waals surface area contributed by atoms with Gasteiger partial charge in [-0.15, -0.1) is 0 Å². The minimum absolute atomic E-state index is 0.132. The molecule has 0 bridgehead atoms. The zero-order chi connectivity index (χ0) is 24.7. The number of ether oxygens (including phenoxy) is 3. The minimum atomic E-state index is -1.11. The molecule has 1 unspecified atom stereocenters. The van der Waals surface area contributed by atoms with Crippen molar-refractivity contribution >= 4 is 40.3 Å². The Labute approximate surface area is 205 Å². The first-order chi connectivity index (χ1) is 16.9. The molecule has 0 aliphatic carbocycles. The van der Waals surface area contributed by atoms with Gasteiger partial charge in [0.25, 0.3) is 12.2 Å². The third-order valence-electron chi connectivity index (χ3n) is 6.04. The quantitative estimate of drug-likeness (QED) is 0.356. The van der Waals surface area contributed by atoms with Crippen LogP contribution in [0.15, 0.2) is 66.7 Å². The Morgan fingerprint density at radius 2 is 1.80 bits per heavy atom. The Bertz CT molecular complexity index is 1490. The smallest absolute Gasteiger partial charge is 0.342 e. The molecule has 0 spiro atoms. The molecular formula is C27H20ClNO6. The van der Waals surface area contributed by atoms with Crippen molar-refractivity contribution in [3.8, 4) is 5.75 Å². The number of hydrogen-bond acceptors (Lipinski definition) is 6. The number of methoxy groups -OCH3 is 1. The van der Waals surface area contributed by atoms with E-state index in [0.29, 0.717) is 49.6 Å². The molecule has 0 saturated carbocycles. The van der Waals surface area contributed by atoms with E-state index in [-0.39, 0.29) is 12.3 Å². The van der Waals surface area contributed by atoms with Gasteiger partial charge in [0.15, 0.2) is 0 Å². The number of carbonyl (C=O) groups excluding carboxylic acids is 3. The van der Waals surface area contributed by atoms with Gasteiger partial charge >= 0.3 is 11.9 Å². The standard InChI is InChI=1S/C27H20ClNO6/c1-15-21(14-24(30)34-27-20-6-4-3-5-19(20)26(32)35-27)22-13-18(33-2)11-12-23(22)29(15)25(31)16-7-9-17(28)10-8-16/h3-13,27H,14H2,1-2H3. The second kappa shape index (κ2) is 8.92. The van der Waals surface area contributed by atoms with Gasteiger partial charge in [0.1, 0.15) is 5.75 Å². The van der Waals surface area contributed by atoms with Gasteiger partial charge in [0.05, 0.1) is 24.6 Å². The fourth-order valence-corrected chi connectivity index (χ4v) is 4.43. The second-order valence-electron chi connectivity index (χ2n) is 8.09. The Morgan fingerprint density at radius 1 is 1.06 bits per heavy atom. The summed E-state index contributed by atoms with van der Waals surface area (Å²) in [6.45, 7) is 1.77. The molecule has 1 aromatic heterocycles. The number of cyclic esters (lactones) is 1. The molecule has 1 aliphatic rings. The highest BCUT2D eigenvalue weighted by Crippen LogP contribution is 2.34. The summed E-state index contributed by atoms with van der Waals surface area (Å²) in [6, 6.07) is 18.7. The molecule has 1 aliphatic heterocycles. The number of fused-ring (bicyclic) bond motifs is 2. The highest BCUT2D eigenvalue weighted by atomic mass is 35.5. The van der Waals surface area contributed by atoms with Crippen LogP contribution in [-0.2, 0) is 20.7 Å². The SMILES string of the molecule is COc1ccc2c(c1)c(CC(=O)OC1OC(=O)c3ccccc31)c(C)n2C(=O)c1ccc(Cl)cc1. The first-order valence-electron chi connectivity index (χ1n) is 10.8. The van der Waals surface area contributed by atoms with E-state index in [1.807, 2.05) is 0 Å². The molecule has 5 rings (SSSR count). The fourth-order valence-electron chi connectivity index (χ4n) is 4.30. The number of nitrogens with zero attached hydrogens (tertiary/aromatic N) is 1. The van der Waals surface area contributed by atoms with Gasteiger partial charge < -0.3 is 14.2 Å². The van der Waals surface area contributed by atoms with Crippen LogP contribution >= 0.6 is 11.6 Å². The molecule has 35 heavy (non-hydrogen) atoms. The Balaban J connectivity index is 1.50. The number of hydrogen-bond donors (Lipinski definition) is 0. The van der Waals surface area contributed by atoms with E-state index in [2.05, 4.69) is 0 Å². The van der Waals surface area contributed by atoms with E-state index >= 15 is 0 Å². The zero-order valence-electron chi connectivity index (χ0n) is 18.9. The van der Waals surface area contributed by atoms with Crippen LogP contribution in [0.5, 0.6) is 5.75 Å². The number of benzene rings is 3. The molecule has 176 valence electrons. The molecule has 0 N–H and O–H groups in total. The molecule has 0 amide bonds. The Kier molecular flexibility index (Phi) is 5.78. The molecule has 0 radical (unpaired) electrons. The van der Waals surface area contributed by atoms with Gasteiger partial charge in [-0.05, 0) is 61.0 Å². The number of rotatable bonds is 5. The zero-order valence-corrected chi connectivity index (χ0v) is 19.7. The normalized spacial score (nSPS) is 14.5. The highest BCUT2D eigenvalue weighted by molar-refractivity contribution is 6.30. The average Bonchev–Trinajstić information content (AvgIpc) is 3.32. The van der Waals surface area contributed by atoms with Crippen LogP contribution in [0.25, 0.3) is 10.9 Å². The summed E-state index contributed by atoms with van der Waals surface area (Å²) in [7, 11) is 1.55. The number of esters is 2. The number of halogens is 1. The molecule has 8 heteroatoms. The van der Waals surface area contributed by atoms with E-state index in [1.54, 1.807) is 85.3 Å². The molecule has 7 nitrogen and oxygen atoms in total. The van der Waals surface area contributed by atoms with E-state index < -0.39 is 18.2 Å². The summed E-state index contributed by atoms with van der Waals surface area (Å²) < 4.78 is 17.7. The fraction of sp³-hybridized carbons (Fsp3) is 0.148. The summed E-state index contributed by atoms with van der Waals surface area (Å²) in [6.07, 6.45) is -1.24. The predicted octanol–water partition coefficient (Wildman–Crippen LogP) is 5.26. The second-order valence-corrected chi connectivity index (χ2v) is 8.52. The maximum Gasteiger partial charge on any atom is 0.342 e. The van der Waals surface area contributed by atoms with Crippen LogP contribution in [0, 0.1) is 6.92 Å². The van der Waals surface area contributed by atoms with Gasteiger partial charge in [-0.3, -0.25) is 14.2 Å². The van der Waals surface area contributed by atoms with Crippen molar-refractivity contribution in [2.45, 2.75) is 19.6 Å². The predicted molar refractivity (Wildman–Crippen MR) is 129 cm³/mol. The summed E-state index contributed by atoms with van der Waals surface area (Å²) in [5.41, 5.74) is 3.16. The molecule has 0 saturated heterocycles. The lowest BCUT2D eigenvalue weighted by Crippen LogP contribution is -2.16. The van der Waals surface area contributed by atoms with Crippen LogP contribution < -0.4 is 4.74 Å². The molecular weight excluding hydrogens is 470 g/mol. The van der Waals surface area contributed by atoms with Crippen LogP contribution in [0.1, 0.15) is 43.8 Å². The van der Waals surface area contributed by atoms with Crippen molar-refractivity contribution in [1.82, 2.24) is 4.57 Å². The Hall–Kier alpha value is -4.10. The van der Waals surface area contributed by atoms with Crippen LogP contribution in [0.4, 0.5) is 0 Å². The minimum Gasteiger partial charge on any atom is -0.497 e. The first-order valence-corrected chi connectivity index (χ1v) is 11.2. The van der Waals surface area contributed by atoms with E-state index in [0.717, 1.165) is 0 Å². The maximum absolute atomic E-state index is 13.4. The van der Waals surface area contributed by atoms with Gasteiger partial charge in [-0.2, -0.15) is 0 Å². The van der Waals surface area contributed by atoms with Crippen molar-refractivity contribution < 1.29 is 28.6 Å². The van der Waals surface area contributed by atoms with Crippen molar-refractivity contribution in [2.24, 2.45) is 0 Å². The van der Waals surface area contributed by atoms with Crippen LogP contribution in [0.2, 0.25) is 5.02 Å². The lowest BCUT2D eigenvalue weighted by molar-refractivity contribution is -0.166. The Morgan fingerprint density at radius 3 is 2.54 bits per heavy atom. The number of aromatic nitrogens is 1. The highest BCUT2D eigenvalue weighted by Gasteiger charge is 2.34. The van der Waals surface area contributed by atoms with Crippen LogP contribution in [0.3, 0.4) is 0 Å². The third kappa shape index (κ3) is 4.04. The van der Waals surface area contributed by atoms with Gasteiger partial charge in [-0.1, -0.05) is 29.8 Å². The van der Waals surface area contributed by atoms with E-state index in [1.165, 1.54) is 0 Å². The molecule has 0 fully saturated rings. The third-order valence-corrected chi connectivity index (χ3v) is 6.30. The monoisotopic (exact) mass is 489 g/mol.